The van der Waals surface area contributed by atoms with Gasteiger partial charge in [0.2, 0.25) is 0 Å². The second-order valence-corrected chi connectivity index (χ2v) is 2.50. The molecule has 0 fully saturated rings. The van der Waals surface area contributed by atoms with Gasteiger partial charge in [0.25, 0.3) is 5.91 Å². The number of fused-ring (bicyclic) bond motifs is 1. The number of carbonyl (C=O) groups is 1. The molecule has 66 valence electrons. The zero-order valence-corrected chi connectivity index (χ0v) is 7.07. The highest BCUT2D eigenvalue weighted by atomic mass is 35.5. The fourth-order valence-electron chi connectivity index (χ4n) is 1.25. The molecule has 0 unspecified atom stereocenters. The van der Waals surface area contributed by atoms with Crippen LogP contribution in [0, 0.1) is 0 Å². The Hall–Kier alpha value is -1.07. The van der Waals surface area contributed by atoms with Gasteiger partial charge >= 0.3 is 0 Å². The number of halogens is 1. The third kappa shape index (κ3) is 1.17. The number of aromatic amines is 1. The molecule has 2 rings (SSSR count). The first-order valence-corrected chi connectivity index (χ1v) is 3.35. The van der Waals surface area contributed by atoms with Crippen LogP contribution in [-0.4, -0.2) is 16.1 Å². The van der Waals surface area contributed by atoms with Gasteiger partial charge in [-0.1, -0.05) is 0 Å². The van der Waals surface area contributed by atoms with Crippen LogP contribution in [0.4, 0.5) is 0 Å². The SMILES string of the molecule is Cl.NC(=O)c1n[nH]c2c1CNC2. The molecule has 1 aliphatic heterocycles. The molecular weight excluding hydrogens is 180 g/mol. The second-order valence-electron chi connectivity index (χ2n) is 2.50. The number of amides is 1. The van der Waals surface area contributed by atoms with Crippen molar-refractivity contribution in [2.45, 2.75) is 13.1 Å². The summed E-state index contributed by atoms with van der Waals surface area (Å²) >= 11 is 0. The minimum atomic E-state index is -0.466. The highest BCUT2D eigenvalue weighted by Gasteiger charge is 2.20. The highest BCUT2D eigenvalue weighted by Crippen LogP contribution is 2.15. The van der Waals surface area contributed by atoms with E-state index >= 15 is 0 Å². The molecule has 5 nitrogen and oxygen atoms in total. The predicted molar refractivity (Wildman–Crippen MR) is 44.9 cm³/mol. The van der Waals surface area contributed by atoms with E-state index in [1.807, 2.05) is 0 Å². The first-order valence-electron chi connectivity index (χ1n) is 3.35. The maximum Gasteiger partial charge on any atom is 0.269 e. The molecule has 0 atom stereocenters. The molecule has 2 heterocycles. The number of hydrogen-bond donors (Lipinski definition) is 3. The van der Waals surface area contributed by atoms with Crippen molar-refractivity contribution in [3.8, 4) is 0 Å². The summed E-state index contributed by atoms with van der Waals surface area (Å²) < 4.78 is 0. The van der Waals surface area contributed by atoms with Crippen LogP contribution in [0.5, 0.6) is 0 Å². The number of nitrogens with one attached hydrogen (secondary N) is 2. The van der Waals surface area contributed by atoms with Crippen LogP contribution in [0.25, 0.3) is 0 Å². The van der Waals surface area contributed by atoms with Crippen molar-refractivity contribution in [1.82, 2.24) is 15.5 Å². The van der Waals surface area contributed by atoms with Gasteiger partial charge in [0.15, 0.2) is 5.69 Å². The Morgan fingerprint density at radius 1 is 1.50 bits per heavy atom. The Labute approximate surface area is 75.1 Å². The quantitative estimate of drug-likeness (QED) is 0.557. The van der Waals surface area contributed by atoms with E-state index in [9.17, 15) is 4.79 Å². The molecule has 0 aromatic carbocycles. The van der Waals surface area contributed by atoms with E-state index in [2.05, 4.69) is 15.5 Å². The summed E-state index contributed by atoms with van der Waals surface area (Å²) in [5.41, 5.74) is 7.33. The average molecular weight is 189 g/mol. The average Bonchev–Trinajstić information content (AvgIpc) is 2.41. The molecule has 0 saturated heterocycles. The maximum atomic E-state index is 10.7. The van der Waals surface area contributed by atoms with E-state index in [0.29, 0.717) is 12.2 Å². The lowest BCUT2D eigenvalue weighted by atomic mass is 10.2. The van der Waals surface area contributed by atoms with Crippen molar-refractivity contribution in [3.05, 3.63) is 17.0 Å². The van der Waals surface area contributed by atoms with Crippen LogP contribution >= 0.6 is 12.4 Å². The van der Waals surface area contributed by atoms with Gasteiger partial charge in [-0.2, -0.15) is 5.10 Å². The van der Waals surface area contributed by atoms with Crippen LogP contribution < -0.4 is 11.1 Å². The summed E-state index contributed by atoms with van der Waals surface area (Å²) in [4.78, 5) is 10.7. The monoisotopic (exact) mass is 188 g/mol. The van der Waals surface area contributed by atoms with E-state index in [4.69, 9.17) is 5.73 Å². The second kappa shape index (κ2) is 3.12. The number of H-pyrrole nitrogens is 1. The number of aromatic nitrogens is 2. The maximum absolute atomic E-state index is 10.7. The molecular formula is C6H9ClN4O. The molecule has 0 bridgehead atoms. The molecule has 0 saturated carbocycles. The van der Waals surface area contributed by atoms with E-state index < -0.39 is 5.91 Å². The van der Waals surface area contributed by atoms with Crippen LogP contribution in [0.2, 0.25) is 0 Å². The minimum absolute atomic E-state index is 0. The molecule has 4 N–H and O–H groups in total. The normalized spacial score (nSPS) is 13.7. The Kier molecular flexibility index (Phi) is 2.35. The summed E-state index contributed by atoms with van der Waals surface area (Å²) in [6.07, 6.45) is 0. The van der Waals surface area contributed by atoms with E-state index in [0.717, 1.165) is 17.8 Å². The lowest BCUT2D eigenvalue weighted by Crippen LogP contribution is -2.14. The first kappa shape index (κ1) is 9.02. The number of carbonyl (C=O) groups excluding carboxylic acids is 1. The van der Waals surface area contributed by atoms with Gasteiger partial charge < -0.3 is 11.1 Å². The molecule has 12 heavy (non-hydrogen) atoms. The number of nitrogens with zero attached hydrogens (tertiary/aromatic N) is 1. The minimum Gasteiger partial charge on any atom is -0.364 e. The van der Waals surface area contributed by atoms with Gasteiger partial charge in [-0.25, -0.2) is 0 Å². The Morgan fingerprint density at radius 2 is 2.25 bits per heavy atom. The van der Waals surface area contributed by atoms with Gasteiger partial charge in [0, 0.05) is 18.7 Å². The molecule has 0 spiro atoms. The van der Waals surface area contributed by atoms with Crippen molar-refractivity contribution in [2.24, 2.45) is 5.73 Å². The van der Waals surface area contributed by atoms with Crippen LogP contribution in [-0.2, 0) is 13.1 Å². The van der Waals surface area contributed by atoms with E-state index in [-0.39, 0.29) is 12.4 Å². The molecule has 1 aromatic heterocycles. The summed E-state index contributed by atoms with van der Waals surface area (Å²) in [6.45, 7) is 1.43. The topological polar surface area (TPSA) is 83.8 Å². The Balaban J connectivity index is 0.000000720. The van der Waals surface area contributed by atoms with Crippen LogP contribution in [0.1, 0.15) is 21.7 Å². The summed E-state index contributed by atoms with van der Waals surface area (Å²) in [6, 6.07) is 0. The van der Waals surface area contributed by atoms with Crippen molar-refractivity contribution in [1.29, 1.82) is 0 Å². The molecule has 1 aromatic rings. The van der Waals surface area contributed by atoms with Crippen LogP contribution in [0.15, 0.2) is 0 Å². The molecule has 0 radical (unpaired) electrons. The number of nitrogens with two attached hydrogens (primary N) is 1. The Morgan fingerprint density at radius 3 is 2.92 bits per heavy atom. The summed E-state index contributed by atoms with van der Waals surface area (Å²) in [7, 11) is 0. The molecule has 0 aliphatic carbocycles. The van der Waals surface area contributed by atoms with Gasteiger partial charge in [-0.3, -0.25) is 9.89 Å². The third-order valence-corrected chi connectivity index (χ3v) is 1.79. The van der Waals surface area contributed by atoms with Crippen molar-refractivity contribution >= 4 is 18.3 Å². The largest absolute Gasteiger partial charge is 0.364 e. The lowest BCUT2D eigenvalue weighted by molar-refractivity contribution is 0.0994. The highest BCUT2D eigenvalue weighted by molar-refractivity contribution is 5.92. The van der Waals surface area contributed by atoms with Crippen molar-refractivity contribution in [3.63, 3.8) is 0 Å². The van der Waals surface area contributed by atoms with E-state index in [1.165, 1.54) is 0 Å². The standard InChI is InChI=1S/C6H8N4O.ClH/c7-6(11)5-3-1-8-2-4(3)9-10-5;/h8H,1-2H2,(H2,7,11)(H,9,10);1H. The Bertz CT molecular complexity index is 308. The van der Waals surface area contributed by atoms with Gasteiger partial charge in [0.05, 0.1) is 5.69 Å². The van der Waals surface area contributed by atoms with Crippen LogP contribution in [0.3, 0.4) is 0 Å². The fourth-order valence-corrected chi connectivity index (χ4v) is 1.25. The van der Waals surface area contributed by atoms with E-state index in [1.54, 1.807) is 0 Å². The van der Waals surface area contributed by atoms with Gasteiger partial charge in [0.1, 0.15) is 0 Å². The lowest BCUT2D eigenvalue weighted by Gasteiger charge is -1.90. The molecule has 6 heteroatoms. The zero-order chi connectivity index (χ0) is 7.84. The smallest absolute Gasteiger partial charge is 0.269 e. The third-order valence-electron chi connectivity index (χ3n) is 1.79. The van der Waals surface area contributed by atoms with Crippen molar-refractivity contribution in [2.75, 3.05) is 0 Å². The van der Waals surface area contributed by atoms with Crippen molar-refractivity contribution < 1.29 is 4.79 Å². The predicted octanol–water partition coefficient (Wildman–Crippen LogP) is -0.466. The first-order chi connectivity index (χ1) is 5.29. The summed E-state index contributed by atoms with van der Waals surface area (Å²) in [5.74, 6) is -0.466. The molecule has 1 amide bonds. The summed E-state index contributed by atoms with van der Waals surface area (Å²) in [5, 5.41) is 9.64. The van der Waals surface area contributed by atoms with Gasteiger partial charge in [-0.05, 0) is 0 Å². The van der Waals surface area contributed by atoms with Gasteiger partial charge in [-0.15, -0.1) is 12.4 Å². The molecule has 1 aliphatic rings. The fraction of sp³-hybridized carbons (Fsp3) is 0.333. The zero-order valence-electron chi connectivity index (χ0n) is 6.26. The number of rotatable bonds is 1. The number of primary amides is 1. The number of hydrogen-bond acceptors (Lipinski definition) is 3.